The van der Waals surface area contributed by atoms with Gasteiger partial charge in [-0.1, -0.05) is 115 Å². The van der Waals surface area contributed by atoms with Crippen LogP contribution in [0.5, 0.6) is 0 Å². The van der Waals surface area contributed by atoms with Crippen molar-refractivity contribution in [3.63, 3.8) is 0 Å². The molecule has 7 nitrogen and oxygen atoms in total. The summed E-state index contributed by atoms with van der Waals surface area (Å²) in [7, 11) is 0. The largest absolute Gasteiger partial charge is 0.456 e. The molecule has 0 saturated heterocycles. The van der Waals surface area contributed by atoms with E-state index in [1.165, 1.54) is 0 Å². The number of para-hydroxylation sites is 4. The summed E-state index contributed by atoms with van der Waals surface area (Å²) in [6.45, 7) is 0. The number of nitrogens with zero attached hydrogens (tertiary/aromatic N) is 4. The highest BCUT2D eigenvalue weighted by atomic mass is 16.3. The lowest BCUT2D eigenvalue weighted by Crippen LogP contribution is -2.07. The molecule has 14 rings (SSSR count). The second-order valence-corrected chi connectivity index (χ2v) is 16.0. The molecule has 288 valence electrons. The molecule has 0 N–H and O–H groups in total. The van der Waals surface area contributed by atoms with Gasteiger partial charge in [0, 0.05) is 59.8 Å². The summed E-state index contributed by atoms with van der Waals surface area (Å²) in [5.41, 5.74) is 10.6. The van der Waals surface area contributed by atoms with Crippen molar-refractivity contribution in [3.8, 4) is 39.9 Å². The van der Waals surface area contributed by atoms with Gasteiger partial charge in [0.05, 0.1) is 11.0 Å². The minimum Gasteiger partial charge on any atom is -0.456 e. The van der Waals surface area contributed by atoms with Gasteiger partial charge in [-0.15, -0.1) is 0 Å². The Hall–Kier alpha value is -8.55. The molecule has 9 aromatic carbocycles. The fraction of sp³-hybridized carbons (Fsp3) is 0. The maximum atomic E-state index is 6.39. The molecule has 0 amide bonds. The molecule has 14 aromatic rings. The highest BCUT2D eigenvalue weighted by molar-refractivity contribution is 6.17. The van der Waals surface area contributed by atoms with Crippen LogP contribution in [0.1, 0.15) is 0 Å². The smallest absolute Gasteiger partial charge is 0.238 e. The van der Waals surface area contributed by atoms with Crippen molar-refractivity contribution in [3.05, 3.63) is 182 Å². The van der Waals surface area contributed by atoms with Crippen LogP contribution in [0.25, 0.3) is 138 Å². The van der Waals surface area contributed by atoms with Crippen LogP contribution < -0.4 is 0 Å². The fourth-order valence-corrected chi connectivity index (χ4v) is 9.54. The lowest BCUT2D eigenvalue weighted by Gasteiger charge is -2.13. The average molecular weight is 795 g/mol. The Labute approximate surface area is 351 Å². The lowest BCUT2D eigenvalue weighted by atomic mass is 9.99. The summed E-state index contributed by atoms with van der Waals surface area (Å²) >= 11 is 0. The number of furan rings is 3. The molecule has 0 aliphatic carbocycles. The van der Waals surface area contributed by atoms with Gasteiger partial charge in [-0.25, -0.2) is 4.98 Å². The van der Waals surface area contributed by atoms with Gasteiger partial charge in [0.2, 0.25) is 5.95 Å². The Balaban J connectivity index is 1.07. The Morgan fingerprint density at radius 3 is 1.47 bits per heavy atom. The van der Waals surface area contributed by atoms with Gasteiger partial charge in [-0.05, 0) is 83.1 Å². The highest BCUT2D eigenvalue weighted by Crippen LogP contribution is 2.42. The molecule has 0 aliphatic heterocycles. The van der Waals surface area contributed by atoms with Crippen molar-refractivity contribution in [1.82, 2.24) is 19.5 Å². The van der Waals surface area contributed by atoms with Crippen molar-refractivity contribution in [1.29, 1.82) is 0 Å². The standard InChI is InChI=1S/C55H30N4O3/c1-2-11-32-28-45-43(26-31(32)10-1)42-16-9-15-36(33-22-25-49-44(27-33)39-14-5-8-19-48(39)60-49)52(42)59(45)55-57-53(34-20-23-40-37-12-3-6-17-46(37)61-50(40)29-34)56-54(58-55)35-21-24-41-38-13-4-7-18-47(38)62-51(41)30-35/h1-30H. The van der Waals surface area contributed by atoms with Gasteiger partial charge in [0.1, 0.15) is 33.5 Å². The van der Waals surface area contributed by atoms with E-state index in [9.17, 15) is 0 Å². The number of benzene rings is 9. The van der Waals surface area contributed by atoms with Gasteiger partial charge in [0.15, 0.2) is 11.6 Å². The van der Waals surface area contributed by atoms with E-state index in [0.29, 0.717) is 17.6 Å². The van der Waals surface area contributed by atoms with E-state index in [1.54, 1.807) is 0 Å². The summed E-state index contributed by atoms with van der Waals surface area (Å²) in [5, 5.41) is 10.8. The summed E-state index contributed by atoms with van der Waals surface area (Å²) < 4.78 is 21.3. The summed E-state index contributed by atoms with van der Waals surface area (Å²) in [4.78, 5) is 16.0. The quantitative estimate of drug-likeness (QED) is 0.176. The summed E-state index contributed by atoms with van der Waals surface area (Å²) in [6, 6.07) is 62.9. The van der Waals surface area contributed by atoms with Crippen LogP contribution in [0.15, 0.2) is 195 Å². The van der Waals surface area contributed by atoms with Crippen LogP contribution in [0, 0.1) is 0 Å². The van der Waals surface area contributed by atoms with E-state index in [1.807, 2.05) is 60.7 Å². The first-order valence-electron chi connectivity index (χ1n) is 20.7. The molecule has 0 saturated carbocycles. The minimum atomic E-state index is 0.497. The molecular weight excluding hydrogens is 765 g/mol. The molecule has 0 atom stereocenters. The molecule has 0 bridgehead atoms. The third-order valence-electron chi connectivity index (χ3n) is 12.4. The van der Waals surface area contributed by atoms with Crippen molar-refractivity contribution >= 4 is 98.4 Å². The van der Waals surface area contributed by atoms with Crippen LogP contribution in [0.2, 0.25) is 0 Å². The molecule has 0 spiro atoms. The van der Waals surface area contributed by atoms with Gasteiger partial charge in [0.25, 0.3) is 0 Å². The van der Waals surface area contributed by atoms with E-state index in [2.05, 4.69) is 126 Å². The Kier molecular flexibility index (Phi) is 6.71. The second-order valence-electron chi connectivity index (χ2n) is 16.0. The minimum absolute atomic E-state index is 0.497. The monoisotopic (exact) mass is 794 g/mol. The van der Waals surface area contributed by atoms with Gasteiger partial charge in [-0.3, -0.25) is 4.57 Å². The van der Waals surface area contributed by atoms with E-state index >= 15 is 0 Å². The Morgan fingerprint density at radius 2 is 0.823 bits per heavy atom. The number of hydrogen-bond donors (Lipinski definition) is 0. The van der Waals surface area contributed by atoms with E-state index in [-0.39, 0.29) is 0 Å². The molecule has 0 unspecified atom stereocenters. The predicted octanol–water partition coefficient (Wildman–Crippen LogP) is 14.8. The lowest BCUT2D eigenvalue weighted by molar-refractivity contribution is 0.668. The molecule has 62 heavy (non-hydrogen) atoms. The number of aromatic nitrogens is 4. The first-order valence-corrected chi connectivity index (χ1v) is 20.7. The third-order valence-corrected chi connectivity index (χ3v) is 12.4. The molecule has 5 heterocycles. The SMILES string of the molecule is c1ccc2cc3c(cc2c1)c1cccc(-c2ccc4oc5ccccc5c4c2)c1n3-c1nc(-c2ccc3c(c2)oc2ccccc23)nc(-c2ccc3c(c2)oc2ccccc23)n1. The molecular formula is C55H30N4O3. The van der Waals surface area contributed by atoms with Crippen LogP contribution >= 0.6 is 0 Å². The maximum Gasteiger partial charge on any atom is 0.238 e. The fourth-order valence-electron chi connectivity index (χ4n) is 9.54. The van der Waals surface area contributed by atoms with Crippen LogP contribution in [-0.4, -0.2) is 19.5 Å². The Bertz CT molecular complexity index is 4060. The van der Waals surface area contributed by atoms with Crippen molar-refractivity contribution < 1.29 is 13.3 Å². The van der Waals surface area contributed by atoms with Crippen molar-refractivity contribution in [2.45, 2.75) is 0 Å². The molecule has 0 aliphatic rings. The highest BCUT2D eigenvalue weighted by Gasteiger charge is 2.23. The van der Waals surface area contributed by atoms with Gasteiger partial charge >= 0.3 is 0 Å². The Morgan fingerprint density at radius 1 is 0.323 bits per heavy atom. The summed E-state index contributed by atoms with van der Waals surface area (Å²) in [5.74, 6) is 1.55. The van der Waals surface area contributed by atoms with E-state index in [0.717, 1.165) is 121 Å². The predicted molar refractivity (Wildman–Crippen MR) is 250 cm³/mol. The van der Waals surface area contributed by atoms with Crippen LogP contribution in [0.4, 0.5) is 0 Å². The third kappa shape index (κ3) is 4.84. The first-order chi connectivity index (χ1) is 30.7. The number of rotatable bonds is 4. The zero-order chi connectivity index (χ0) is 40.5. The van der Waals surface area contributed by atoms with E-state index < -0.39 is 0 Å². The second kappa shape index (κ2) is 12.5. The number of hydrogen-bond acceptors (Lipinski definition) is 6. The molecule has 7 heteroatoms. The van der Waals surface area contributed by atoms with E-state index in [4.69, 9.17) is 28.2 Å². The normalized spacial score (nSPS) is 12.2. The first kappa shape index (κ1) is 33.3. The molecule has 0 radical (unpaired) electrons. The number of fused-ring (bicyclic) bond motifs is 13. The van der Waals surface area contributed by atoms with Gasteiger partial charge < -0.3 is 13.3 Å². The maximum absolute atomic E-state index is 6.39. The summed E-state index contributed by atoms with van der Waals surface area (Å²) in [6.07, 6.45) is 0. The average Bonchev–Trinajstić information content (AvgIpc) is 4.08. The molecule has 0 fully saturated rings. The van der Waals surface area contributed by atoms with Crippen LogP contribution in [-0.2, 0) is 0 Å². The van der Waals surface area contributed by atoms with Gasteiger partial charge in [-0.2, -0.15) is 9.97 Å². The zero-order valence-corrected chi connectivity index (χ0v) is 32.8. The van der Waals surface area contributed by atoms with Crippen molar-refractivity contribution in [2.24, 2.45) is 0 Å². The topological polar surface area (TPSA) is 83.0 Å². The zero-order valence-electron chi connectivity index (χ0n) is 32.8. The van der Waals surface area contributed by atoms with Crippen LogP contribution in [0.3, 0.4) is 0 Å². The van der Waals surface area contributed by atoms with Crippen molar-refractivity contribution in [2.75, 3.05) is 0 Å². The molecule has 5 aromatic heterocycles.